The van der Waals surface area contributed by atoms with Gasteiger partial charge in [-0.1, -0.05) is 6.07 Å². The average Bonchev–Trinajstić information content (AvgIpc) is 2.55. The lowest BCUT2D eigenvalue weighted by molar-refractivity contribution is 0.102. The summed E-state index contributed by atoms with van der Waals surface area (Å²) in [5.41, 5.74) is 1.30. The van der Waals surface area contributed by atoms with Crippen molar-refractivity contribution < 1.29 is 13.9 Å². The summed E-state index contributed by atoms with van der Waals surface area (Å²) in [5, 5.41) is 3.52. The SMILES string of the molecule is COCc1cc(=O)[nH]c2cc(NC(=O)c3ccc(=O)oc3)ccc12. The Balaban J connectivity index is 1.93. The number of H-pyrrole nitrogens is 1. The first kappa shape index (κ1) is 15.7. The number of methoxy groups -OCH3 is 1. The molecule has 0 aliphatic carbocycles. The summed E-state index contributed by atoms with van der Waals surface area (Å²) >= 11 is 0. The van der Waals surface area contributed by atoms with Crippen LogP contribution < -0.4 is 16.5 Å². The van der Waals surface area contributed by atoms with Crippen LogP contribution >= 0.6 is 0 Å². The highest BCUT2D eigenvalue weighted by molar-refractivity contribution is 6.04. The summed E-state index contributed by atoms with van der Waals surface area (Å²) in [6, 6.07) is 9.20. The van der Waals surface area contributed by atoms with Gasteiger partial charge in [-0.3, -0.25) is 9.59 Å². The highest BCUT2D eigenvalue weighted by atomic mass is 16.5. The molecule has 3 rings (SSSR count). The van der Waals surface area contributed by atoms with Crippen molar-refractivity contribution in [3.63, 3.8) is 0 Å². The topological polar surface area (TPSA) is 101 Å². The van der Waals surface area contributed by atoms with Crippen LogP contribution in [0.5, 0.6) is 0 Å². The number of nitrogens with one attached hydrogen (secondary N) is 2. The average molecular weight is 326 g/mol. The van der Waals surface area contributed by atoms with Gasteiger partial charge < -0.3 is 19.5 Å². The van der Waals surface area contributed by atoms with Gasteiger partial charge in [-0.25, -0.2) is 4.79 Å². The number of benzene rings is 1. The number of aromatic nitrogens is 1. The lowest BCUT2D eigenvalue weighted by atomic mass is 10.1. The van der Waals surface area contributed by atoms with Crippen molar-refractivity contribution in [2.24, 2.45) is 0 Å². The van der Waals surface area contributed by atoms with Gasteiger partial charge in [0.1, 0.15) is 6.26 Å². The smallest absolute Gasteiger partial charge is 0.335 e. The highest BCUT2D eigenvalue weighted by Crippen LogP contribution is 2.20. The maximum absolute atomic E-state index is 12.1. The molecule has 2 N–H and O–H groups in total. The third kappa shape index (κ3) is 3.26. The first-order valence-corrected chi connectivity index (χ1v) is 7.12. The van der Waals surface area contributed by atoms with Crippen LogP contribution in [0.4, 0.5) is 5.69 Å². The van der Waals surface area contributed by atoms with E-state index in [4.69, 9.17) is 4.74 Å². The first-order valence-electron chi connectivity index (χ1n) is 7.12. The number of ether oxygens (including phenoxy) is 1. The number of hydrogen-bond donors (Lipinski definition) is 2. The van der Waals surface area contributed by atoms with Crippen LogP contribution in [-0.4, -0.2) is 18.0 Å². The van der Waals surface area contributed by atoms with E-state index in [1.165, 1.54) is 18.2 Å². The summed E-state index contributed by atoms with van der Waals surface area (Å²) in [5.74, 6) is -0.423. The molecule has 2 aromatic heterocycles. The number of carbonyl (C=O) groups is 1. The van der Waals surface area contributed by atoms with Gasteiger partial charge in [0.05, 0.1) is 17.7 Å². The van der Waals surface area contributed by atoms with Gasteiger partial charge >= 0.3 is 5.63 Å². The molecule has 122 valence electrons. The molecule has 0 saturated carbocycles. The largest absolute Gasteiger partial charge is 0.430 e. The van der Waals surface area contributed by atoms with E-state index < -0.39 is 11.5 Å². The van der Waals surface area contributed by atoms with Crippen molar-refractivity contribution in [1.82, 2.24) is 4.98 Å². The molecular formula is C17H14N2O5. The molecule has 0 aliphatic rings. The fourth-order valence-corrected chi connectivity index (χ4v) is 2.38. The maximum Gasteiger partial charge on any atom is 0.335 e. The minimum atomic E-state index is -0.527. The van der Waals surface area contributed by atoms with Crippen molar-refractivity contribution in [3.8, 4) is 0 Å². The Bertz CT molecular complexity index is 999. The zero-order valence-corrected chi connectivity index (χ0v) is 12.8. The fraction of sp³-hybridized carbons (Fsp3) is 0.118. The van der Waals surface area contributed by atoms with Crippen molar-refractivity contribution in [2.75, 3.05) is 12.4 Å². The zero-order valence-electron chi connectivity index (χ0n) is 12.8. The van der Waals surface area contributed by atoms with Crippen LogP contribution in [0.3, 0.4) is 0 Å². The Morgan fingerprint density at radius 3 is 2.75 bits per heavy atom. The maximum atomic E-state index is 12.1. The van der Waals surface area contributed by atoms with Crippen molar-refractivity contribution in [1.29, 1.82) is 0 Å². The molecule has 1 aromatic carbocycles. The van der Waals surface area contributed by atoms with E-state index in [9.17, 15) is 14.4 Å². The Hall–Kier alpha value is -3.19. The van der Waals surface area contributed by atoms with E-state index in [0.717, 1.165) is 17.2 Å². The number of pyridine rings is 1. The Morgan fingerprint density at radius 2 is 2.04 bits per heavy atom. The van der Waals surface area contributed by atoms with E-state index >= 15 is 0 Å². The van der Waals surface area contributed by atoms with Crippen LogP contribution in [0, 0.1) is 0 Å². The van der Waals surface area contributed by atoms with Crippen LogP contribution in [0.25, 0.3) is 10.9 Å². The predicted molar refractivity (Wildman–Crippen MR) is 88.2 cm³/mol. The summed E-state index contributed by atoms with van der Waals surface area (Å²) in [7, 11) is 1.56. The number of rotatable bonds is 4. The number of hydrogen-bond acceptors (Lipinski definition) is 5. The van der Waals surface area contributed by atoms with Crippen LogP contribution in [0.1, 0.15) is 15.9 Å². The normalized spacial score (nSPS) is 10.7. The number of aromatic amines is 1. The predicted octanol–water partition coefficient (Wildman–Crippen LogP) is 1.88. The molecule has 0 radical (unpaired) electrons. The number of amides is 1. The first-order chi connectivity index (χ1) is 11.6. The monoisotopic (exact) mass is 326 g/mol. The van der Waals surface area contributed by atoms with E-state index in [1.54, 1.807) is 25.3 Å². The van der Waals surface area contributed by atoms with Gasteiger partial charge in [-0.05, 0) is 23.8 Å². The van der Waals surface area contributed by atoms with Crippen molar-refractivity contribution in [3.05, 3.63) is 74.6 Å². The summed E-state index contributed by atoms with van der Waals surface area (Å²) in [4.78, 5) is 37.5. The van der Waals surface area contributed by atoms with Gasteiger partial charge in [-0.15, -0.1) is 0 Å². The highest BCUT2D eigenvalue weighted by Gasteiger charge is 2.09. The Kier molecular flexibility index (Phi) is 4.26. The molecule has 1 amide bonds. The molecule has 2 heterocycles. The molecular weight excluding hydrogens is 312 g/mol. The van der Waals surface area contributed by atoms with E-state index in [-0.39, 0.29) is 11.1 Å². The Labute approximate surface area is 135 Å². The van der Waals surface area contributed by atoms with Gasteiger partial charge in [0, 0.05) is 30.3 Å². The molecule has 0 saturated heterocycles. The zero-order chi connectivity index (χ0) is 17.1. The third-order valence-electron chi connectivity index (χ3n) is 3.45. The van der Waals surface area contributed by atoms with E-state index in [2.05, 4.69) is 14.7 Å². The van der Waals surface area contributed by atoms with Gasteiger partial charge in [0.15, 0.2) is 0 Å². The molecule has 24 heavy (non-hydrogen) atoms. The van der Waals surface area contributed by atoms with Crippen LogP contribution in [-0.2, 0) is 11.3 Å². The third-order valence-corrected chi connectivity index (χ3v) is 3.45. The number of carbonyl (C=O) groups excluding carboxylic acids is 1. The molecule has 3 aromatic rings. The molecule has 7 nitrogen and oxygen atoms in total. The molecule has 0 spiro atoms. The molecule has 0 unspecified atom stereocenters. The van der Waals surface area contributed by atoms with E-state index in [1.807, 2.05) is 0 Å². The van der Waals surface area contributed by atoms with Crippen molar-refractivity contribution >= 4 is 22.5 Å². The summed E-state index contributed by atoms with van der Waals surface area (Å²) in [6.45, 7) is 0.315. The molecule has 0 bridgehead atoms. The second-order valence-electron chi connectivity index (χ2n) is 5.15. The lowest BCUT2D eigenvalue weighted by Crippen LogP contribution is -2.13. The van der Waals surface area contributed by atoms with Gasteiger partial charge in [0.2, 0.25) is 5.56 Å². The van der Waals surface area contributed by atoms with E-state index in [0.29, 0.717) is 17.8 Å². The molecule has 0 fully saturated rings. The second kappa shape index (κ2) is 6.51. The van der Waals surface area contributed by atoms with Crippen molar-refractivity contribution in [2.45, 2.75) is 6.61 Å². The quantitative estimate of drug-likeness (QED) is 0.762. The summed E-state index contributed by atoms with van der Waals surface area (Å²) < 4.78 is 9.76. The van der Waals surface area contributed by atoms with Gasteiger partial charge in [-0.2, -0.15) is 0 Å². The lowest BCUT2D eigenvalue weighted by Gasteiger charge is -2.09. The van der Waals surface area contributed by atoms with Gasteiger partial charge in [0.25, 0.3) is 5.91 Å². The molecule has 0 aliphatic heterocycles. The minimum Gasteiger partial charge on any atom is -0.430 e. The number of anilines is 1. The number of fused-ring (bicyclic) bond motifs is 1. The molecule has 0 atom stereocenters. The molecule has 7 heteroatoms. The van der Waals surface area contributed by atoms with Crippen LogP contribution in [0.2, 0.25) is 0 Å². The Morgan fingerprint density at radius 1 is 1.21 bits per heavy atom. The fourth-order valence-electron chi connectivity index (χ4n) is 2.38. The minimum absolute atomic E-state index is 0.219. The summed E-state index contributed by atoms with van der Waals surface area (Å²) in [6.07, 6.45) is 1.09. The van der Waals surface area contributed by atoms with Crippen LogP contribution in [0.15, 0.2) is 56.7 Å². The second-order valence-corrected chi connectivity index (χ2v) is 5.15. The standard InChI is InChI=1S/C17H14N2O5/c1-23-8-11-6-15(20)19-14-7-12(3-4-13(11)14)18-17(22)10-2-5-16(21)24-9-10/h2-7,9H,8H2,1H3,(H,18,22)(H,19,20).